The molecule has 1 saturated heterocycles. The van der Waals surface area contributed by atoms with E-state index in [1.54, 1.807) is 0 Å². The molecule has 1 unspecified atom stereocenters. The van der Waals surface area contributed by atoms with Crippen molar-refractivity contribution in [2.75, 3.05) is 0 Å². The first-order chi connectivity index (χ1) is 7.26. The Morgan fingerprint density at radius 2 is 1.87 bits per heavy atom. The van der Waals surface area contributed by atoms with Crippen molar-refractivity contribution >= 4 is 21.5 Å². The first kappa shape index (κ1) is 13.1. The molecule has 0 amide bonds. The van der Waals surface area contributed by atoms with Gasteiger partial charge in [0.2, 0.25) is 0 Å². The van der Waals surface area contributed by atoms with Gasteiger partial charge < -0.3 is 15.4 Å². The van der Waals surface area contributed by atoms with Crippen molar-refractivity contribution in [1.29, 1.82) is 0 Å². The standard InChI is InChI=1S/C9H24B3N3/c1-4-6-9(3)8-12-14-10-13-11(15-12)7-5-2/h9-10,13-15H,4-8H2,1-3H3. The average Bonchev–Trinajstić information content (AvgIpc) is 2.19. The molecule has 1 fully saturated rings. The van der Waals surface area contributed by atoms with Crippen molar-refractivity contribution in [3.05, 3.63) is 0 Å². The number of hydrogen-bond acceptors (Lipinski definition) is 3. The molecule has 1 aliphatic heterocycles. The van der Waals surface area contributed by atoms with E-state index in [1.165, 1.54) is 31.9 Å². The fourth-order valence-electron chi connectivity index (χ4n) is 2.30. The minimum atomic E-state index is 0.504. The number of nitrogens with one attached hydrogen (secondary N) is 3. The fourth-order valence-corrected chi connectivity index (χ4v) is 2.30. The molecule has 0 radical (unpaired) electrons. The summed E-state index contributed by atoms with van der Waals surface area (Å²) in [5, 5.41) is 10.5. The Balaban J connectivity index is 2.23. The van der Waals surface area contributed by atoms with E-state index in [4.69, 9.17) is 0 Å². The monoisotopic (exact) mass is 207 g/mol. The lowest BCUT2D eigenvalue weighted by Crippen LogP contribution is -2.69. The molecule has 0 aromatic heterocycles. The van der Waals surface area contributed by atoms with E-state index in [0.29, 0.717) is 14.0 Å². The van der Waals surface area contributed by atoms with Crippen molar-refractivity contribution in [2.45, 2.75) is 52.7 Å². The van der Waals surface area contributed by atoms with Crippen molar-refractivity contribution in [3.8, 4) is 0 Å². The lowest BCUT2D eigenvalue weighted by molar-refractivity contribution is 0.567. The molecule has 15 heavy (non-hydrogen) atoms. The van der Waals surface area contributed by atoms with E-state index in [2.05, 4.69) is 36.2 Å². The summed E-state index contributed by atoms with van der Waals surface area (Å²) in [7, 11) is 0.946. The van der Waals surface area contributed by atoms with Crippen LogP contribution in [0.5, 0.6) is 0 Å². The minimum Gasteiger partial charge on any atom is -0.374 e. The van der Waals surface area contributed by atoms with Crippen LogP contribution >= 0.6 is 0 Å². The molecule has 1 aliphatic rings. The predicted molar refractivity (Wildman–Crippen MR) is 72.0 cm³/mol. The normalized spacial score (nSPS) is 18.9. The number of rotatable bonds is 6. The third-order valence-corrected chi connectivity index (χ3v) is 3.10. The molecule has 3 N–H and O–H groups in total. The summed E-state index contributed by atoms with van der Waals surface area (Å²) in [5.74, 6) is 0.820. The highest BCUT2D eigenvalue weighted by atomic mass is 15.0. The summed E-state index contributed by atoms with van der Waals surface area (Å²) < 4.78 is 0. The lowest BCUT2D eigenvalue weighted by atomic mass is 9.51. The lowest BCUT2D eigenvalue weighted by Gasteiger charge is -2.29. The molecule has 1 rings (SSSR count). The maximum atomic E-state index is 3.62. The Morgan fingerprint density at radius 1 is 1.13 bits per heavy atom. The Morgan fingerprint density at radius 3 is 2.53 bits per heavy atom. The van der Waals surface area contributed by atoms with Gasteiger partial charge in [-0.05, 0) is 18.6 Å². The van der Waals surface area contributed by atoms with E-state index >= 15 is 0 Å². The Labute approximate surface area is 96.1 Å². The highest BCUT2D eigenvalue weighted by molar-refractivity contribution is 6.81. The van der Waals surface area contributed by atoms with Crippen molar-refractivity contribution < 1.29 is 0 Å². The van der Waals surface area contributed by atoms with E-state index in [0.717, 1.165) is 13.5 Å². The maximum Gasteiger partial charge on any atom is 0.284 e. The molecule has 0 aromatic rings. The predicted octanol–water partition coefficient (Wildman–Crippen LogP) is 0.858. The fraction of sp³-hybridized carbons (Fsp3) is 1.00. The highest BCUT2D eigenvalue weighted by Crippen LogP contribution is 2.12. The van der Waals surface area contributed by atoms with Gasteiger partial charge in [-0.1, -0.05) is 40.0 Å². The van der Waals surface area contributed by atoms with E-state index in [1.807, 2.05) is 0 Å². The summed E-state index contributed by atoms with van der Waals surface area (Å²) in [6.07, 6.45) is 6.34. The molecular weight excluding hydrogens is 183 g/mol. The van der Waals surface area contributed by atoms with E-state index in [9.17, 15) is 0 Å². The quantitative estimate of drug-likeness (QED) is 0.565. The SMILES string of the molecule is CCCB1NBNB(CC(C)CCC)N1. The zero-order valence-electron chi connectivity index (χ0n) is 10.5. The van der Waals surface area contributed by atoms with E-state index < -0.39 is 0 Å². The van der Waals surface area contributed by atoms with E-state index in [-0.39, 0.29) is 0 Å². The summed E-state index contributed by atoms with van der Waals surface area (Å²) in [5.41, 5.74) is 0. The first-order valence-corrected chi connectivity index (χ1v) is 6.49. The average molecular weight is 207 g/mol. The van der Waals surface area contributed by atoms with Gasteiger partial charge in [-0.3, -0.25) is 0 Å². The molecule has 6 heteroatoms. The van der Waals surface area contributed by atoms with Gasteiger partial charge in [0.05, 0.1) is 0 Å². The maximum absolute atomic E-state index is 3.62. The molecule has 0 aliphatic carbocycles. The summed E-state index contributed by atoms with van der Waals surface area (Å²) in [6.45, 7) is 7.86. The molecule has 0 saturated carbocycles. The van der Waals surface area contributed by atoms with Gasteiger partial charge >= 0.3 is 0 Å². The third-order valence-electron chi connectivity index (χ3n) is 3.10. The Kier molecular flexibility index (Phi) is 6.45. The molecule has 0 bridgehead atoms. The largest absolute Gasteiger partial charge is 0.374 e. The van der Waals surface area contributed by atoms with Gasteiger partial charge in [0.1, 0.15) is 0 Å². The van der Waals surface area contributed by atoms with Gasteiger partial charge in [-0.25, -0.2) is 0 Å². The van der Waals surface area contributed by atoms with Crippen LogP contribution in [0.25, 0.3) is 0 Å². The van der Waals surface area contributed by atoms with Crippen LogP contribution in [-0.4, -0.2) is 21.5 Å². The second-order valence-electron chi connectivity index (χ2n) is 4.78. The van der Waals surface area contributed by atoms with Crippen molar-refractivity contribution in [2.24, 2.45) is 5.92 Å². The summed E-state index contributed by atoms with van der Waals surface area (Å²) >= 11 is 0. The van der Waals surface area contributed by atoms with Crippen LogP contribution in [0, 0.1) is 5.92 Å². The van der Waals surface area contributed by atoms with Gasteiger partial charge in [-0.2, -0.15) is 0 Å². The van der Waals surface area contributed by atoms with Crippen LogP contribution in [0.3, 0.4) is 0 Å². The molecule has 1 atom stereocenters. The topological polar surface area (TPSA) is 36.1 Å². The zero-order valence-corrected chi connectivity index (χ0v) is 10.5. The Bertz CT molecular complexity index is 167. The van der Waals surface area contributed by atoms with Crippen LogP contribution in [-0.2, 0) is 0 Å². The Hall–Kier alpha value is 0.0748. The van der Waals surface area contributed by atoms with Gasteiger partial charge in [0.15, 0.2) is 0 Å². The molecular formula is C9H24B3N3. The van der Waals surface area contributed by atoms with Crippen molar-refractivity contribution in [1.82, 2.24) is 15.4 Å². The minimum absolute atomic E-state index is 0.504. The summed E-state index contributed by atoms with van der Waals surface area (Å²) in [6, 6.07) is 0. The van der Waals surface area contributed by atoms with Gasteiger partial charge in [0, 0.05) is 0 Å². The second kappa shape index (κ2) is 7.36. The van der Waals surface area contributed by atoms with Gasteiger partial charge in [0.25, 0.3) is 21.5 Å². The number of hydrogen-bond donors (Lipinski definition) is 3. The second-order valence-corrected chi connectivity index (χ2v) is 4.78. The van der Waals surface area contributed by atoms with Crippen LogP contribution in [0.4, 0.5) is 0 Å². The molecule has 0 aromatic carbocycles. The first-order valence-electron chi connectivity index (χ1n) is 6.49. The van der Waals surface area contributed by atoms with Crippen molar-refractivity contribution in [3.63, 3.8) is 0 Å². The molecule has 3 nitrogen and oxygen atoms in total. The molecule has 84 valence electrons. The van der Waals surface area contributed by atoms with Crippen LogP contribution in [0.2, 0.25) is 12.6 Å². The van der Waals surface area contributed by atoms with Crippen LogP contribution in [0.1, 0.15) is 40.0 Å². The third kappa shape index (κ3) is 5.09. The van der Waals surface area contributed by atoms with Crippen LogP contribution in [0.15, 0.2) is 0 Å². The van der Waals surface area contributed by atoms with Gasteiger partial charge in [-0.15, -0.1) is 0 Å². The zero-order chi connectivity index (χ0) is 11.1. The molecule has 1 heterocycles. The van der Waals surface area contributed by atoms with Crippen LogP contribution < -0.4 is 15.4 Å². The highest BCUT2D eigenvalue weighted by Gasteiger charge is 2.27. The summed E-state index contributed by atoms with van der Waals surface area (Å²) in [4.78, 5) is 0. The smallest absolute Gasteiger partial charge is 0.284 e. The molecule has 0 spiro atoms.